The largest absolute Gasteiger partial charge is 0.343 e. The van der Waals surface area contributed by atoms with Crippen LogP contribution in [0.2, 0.25) is 0 Å². The summed E-state index contributed by atoms with van der Waals surface area (Å²) in [6.45, 7) is 3.40. The van der Waals surface area contributed by atoms with E-state index in [0.717, 1.165) is 23.6 Å². The molecule has 3 aromatic carbocycles. The topological polar surface area (TPSA) is 8.17 Å². The summed E-state index contributed by atoms with van der Waals surface area (Å²) in [6.07, 6.45) is 9.79. The van der Waals surface area contributed by atoms with Crippen molar-refractivity contribution >= 4 is 64.1 Å². The highest BCUT2D eigenvalue weighted by molar-refractivity contribution is 8.19. The summed E-state index contributed by atoms with van der Waals surface area (Å²) in [5.41, 5.74) is 7.54. The lowest BCUT2D eigenvalue weighted by atomic mass is 10.1. The zero-order valence-corrected chi connectivity index (χ0v) is 26.6. The molecule has 0 aliphatic carbocycles. The maximum absolute atomic E-state index is 2.58. The van der Waals surface area contributed by atoms with Crippen LogP contribution in [0.4, 0.5) is 17.1 Å². The first-order chi connectivity index (χ1) is 20.8. The average Bonchev–Trinajstić information content (AvgIpc) is 3.82. The van der Waals surface area contributed by atoms with Crippen LogP contribution >= 0.6 is 34.9 Å². The predicted octanol–water partition coefficient (Wildman–Crippen LogP) is 11.9. The summed E-state index contributed by atoms with van der Waals surface area (Å²) in [5, 5.41) is 0. The Morgan fingerprint density at radius 3 is 2.02 bits per heavy atom. The molecular formula is C37H38N2S3. The summed E-state index contributed by atoms with van der Waals surface area (Å²) < 4.78 is 3.16. The highest BCUT2D eigenvalue weighted by atomic mass is 32.2. The zero-order valence-electron chi connectivity index (χ0n) is 24.2. The molecule has 2 nitrogen and oxygen atoms in total. The number of rotatable bonds is 12. The molecule has 214 valence electrons. The number of hydrogen-bond donors (Lipinski definition) is 0. The Morgan fingerprint density at radius 1 is 0.690 bits per heavy atom. The van der Waals surface area contributed by atoms with E-state index < -0.39 is 0 Å². The SMILES string of the molecule is CCCCCCn1c(/C=C/c2ccc(-c3ccc(N(c4ccccc4)c4ccccc4)cc3)s2)ccc1C1SCCS1. The van der Waals surface area contributed by atoms with Crippen LogP contribution in [0.3, 0.4) is 0 Å². The Balaban J connectivity index is 1.20. The first kappa shape index (κ1) is 29.0. The van der Waals surface area contributed by atoms with E-state index in [1.807, 2.05) is 11.3 Å². The normalized spacial score (nSPS) is 13.7. The summed E-state index contributed by atoms with van der Waals surface area (Å²) in [7, 11) is 0. The van der Waals surface area contributed by atoms with Crippen LogP contribution in [0, 0.1) is 0 Å². The molecule has 0 saturated carbocycles. The Kier molecular flexibility index (Phi) is 9.91. The molecule has 0 amide bonds. The molecular weight excluding hydrogens is 569 g/mol. The lowest BCUT2D eigenvalue weighted by Crippen LogP contribution is -2.09. The minimum absolute atomic E-state index is 0.578. The lowest BCUT2D eigenvalue weighted by molar-refractivity contribution is 0.573. The van der Waals surface area contributed by atoms with Gasteiger partial charge in [0.05, 0.1) is 4.58 Å². The van der Waals surface area contributed by atoms with Crippen molar-refractivity contribution in [2.24, 2.45) is 0 Å². The van der Waals surface area contributed by atoms with Crippen molar-refractivity contribution in [1.29, 1.82) is 0 Å². The predicted molar refractivity (Wildman–Crippen MR) is 190 cm³/mol. The van der Waals surface area contributed by atoms with Gasteiger partial charge in [0.15, 0.2) is 0 Å². The number of unbranched alkanes of at least 4 members (excludes halogenated alkanes) is 3. The standard InChI is InChI=1S/C37H38N2S3/c1-2-3-4-11-26-38-30(21-24-35(38)37-40-27-28-41-37)20-22-34-23-25-36(42-34)29-16-18-33(19-17-29)39(31-12-7-5-8-13-31)32-14-9-6-10-15-32/h5-10,12-25,37H,2-4,11,26-28H2,1H3/b22-20+. The zero-order chi connectivity index (χ0) is 28.6. The van der Waals surface area contributed by atoms with Gasteiger partial charge < -0.3 is 9.47 Å². The van der Waals surface area contributed by atoms with Gasteiger partial charge >= 0.3 is 0 Å². The lowest BCUT2D eigenvalue weighted by Gasteiger charge is -2.25. The first-order valence-corrected chi connectivity index (χ1v) is 17.9. The third kappa shape index (κ3) is 6.91. The Morgan fingerprint density at radius 2 is 1.36 bits per heavy atom. The quantitative estimate of drug-likeness (QED) is 0.131. The highest BCUT2D eigenvalue weighted by Crippen LogP contribution is 2.46. The average molecular weight is 607 g/mol. The summed E-state index contributed by atoms with van der Waals surface area (Å²) in [4.78, 5) is 4.89. The Hall–Kier alpha value is -3.12. The van der Waals surface area contributed by atoms with Gasteiger partial charge in [0.25, 0.3) is 0 Å². The van der Waals surface area contributed by atoms with Crippen LogP contribution in [-0.2, 0) is 6.54 Å². The molecule has 6 rings (SSSR count). The Bertz CT molecular complexity index is 1520. The third-order valence-electron chi connectivity index (χ3n) is 7.63. The van der Waals surface area contributed by atoms with Gasteiger partial charge in [0, 0.05) is 56.3 Å². The van der Waals surface area contributed by atoms with E-state index in [1.165, 1.54) is 63.9 Å². The maximum Gasteiger partial charge on any atom is 0.0902 e. The molecule has 1 aliphatic heterocycles. The van der Waals surface area contributed by atoms with E-state index in [1.54, 1.807) is 0 Å². The summed E-state index contributed by atoms with van der Waals surface area (Å²) in [5.74, 6) is 2.52. The molecule has 2 aromatic heterocycles. The van der Waals surface area contributed by atoms with Crippen LogP contribution < -0.4 is 4.90 Å². The van der Waals surface area contributed by atoms with Crippen LogP contribution in [0.25, 0.3) is 22.6 Å². The molecule has 1 aliphatic rings. The second kappa shape index (κ2) is 14.4. The second-order valence-electron chi connectivity index (χ2n) is 10.6. The minimum atomic E-state index is 0.578. The van der Waals surface area contributed by atoms with Crippen molar-refractivity contribution in [3.63, 3.8) is 0 Å². The molecule has 42 heavy (non-hydrogen) atoms. The smallest absolute Gasteiger partial charge is 0.0902 e. The molecule has 0 radical (unpaired) electrons. The Labute approximate surface area is 263 Å². The number of aromatic nitrogens is 1. The van der Waals surface area contributed by atoms with Gasteiger partial charge in [-0.25, -0.2) is 0 Å². The fourth-order valence-corrected chi connectivity index (χ4v) is 9.31. The van der Waals surface area contributed by atoms with Gasteiger partial charge in [-0.3, -0.25) is 0 Å². The molecule has 5 aromatic rings. The van der Waals surface area contributed by atoms with Gasteiger partial charge in [0.2, 0.25) is 0 Å². The minimum Gasteiger partial charge on any atom is -0.343 e. The summed E-state index contributed by atoms with van der Waals surface area (Å²) >= 11 is 6.06. The number of benzene rings is 3. The van der Waals surface area contributed by atoms with Crippen molar-refractivity contribution in [2.75, 3.05) is 16.4 Å². The molecule has 0 bridgehead atoms. The molecule has 0 atom stereocenters. The van der Waals surface area contributed by atoms with Gasteiger partial charge in [-0.2, -0.15) is 0 Å². The van der Waals surface area contributed by atoms with E-state index in [2.05, 4.69) is 161 Å². The van der Waals surface area contributed by atoms with Crippen molar-refractivity contribution < 1.29 is 0 Å². The molecule has 0 unspecified atom stereocenters. The van der Waals surface area contributed by atoms with Gasteiger partial charge in [-0.15, -0.1) is 34.9 Å². The molecule has 0 N–H and O–H groups in total. The van der Waals surface area contributed by atoms with Crippen LogP contribution in [-0.4, -0.2) is 16.1 Å². The third-order valence-corrected chi connectivity index (χ3v) is 11.8. The van der Waals surface area contributed by atoms with Crippen molar-refractivity contribution in [1.82, 2.24) is 4.57 Å². The van der Waals surface area contributed by atoms with E-state index >= 15 is 0 Å². The molecule has 5 heteroatoms. The molecule has 3 heterocycles. The van der Waals surface area contributed by atoms with Gasteiger partial charge in [-0.1, -0.05) is 74.7 Å². The van der Waals surface area contributed by atoms with Crippen LogP contribution in [0.15, 0.2) is 109 Å². The number of anilines is 3. The van der Waals surface area contributed by atoms with Crippen LogP contribution in [0.5, 0.6) is 0 Å². The van der Waals surface area contributed by atoms with Gasteiger partial charge in [-0.05, 0) is 84.8 Å². The molecule has 1 saturated heterocycles. The van der Waals surface area contributed by atoms with E-state index in [9.17, 15) is 0 Å². The number of nitrogens with zero attached hydrogens (tertiary/aromatic N) is 2. The number of hydrogen-bond acceptors (Lipinski definition) is 4. The van der Waals surface area contributed by atoms with Gasteiger partial charge in [0.1, 0.15) is 0 Å². The maximum atomic E-state index is 2.58. The van der Waals surface area contributed by atoms with Crippen molar-refractivity contribution in [3.8, 4) is 10.4 Å². The first-order valence-electron chi connectivity index (χ1n) is 15.0. The summed E-state index contributed by atoms with van der Waals surface area (Å²) in [6, 6.07) is 39.3. The van der Waals surface area contributed by atoms with Crippen molar-refractivity contribution in [3.05, 3.63) is 125 Å². The van der Waals surface area contributed by atoms with E-state index in [4.69, 9.17) is 0 Å². The van der Waals surface area contributed by atoms with E-state index in [-0.39, 0.29) is 0 Å². The van der Waals surface area contributed by atoms with Crippen LogP contribution in [0.1, 0.15) is 53.5 Å². The van der Waals surface area contributed by atoms with Crippen molar-refractivity contribution in [2.45, 2.75) is 43.7 Å². The highest BCUT2D eigenvalue weighted by Gasteiger charge is 2.22. The second-order valence-corrected chi connectivity index (χ2v) is 14.4. The fraction of sp³-hybridized carbons (Fsp3) is 0.243. The number of thiophene rings is 1. The molecule has 0 spiro atoms. The fourth-order valence-electron chi connectivity index (χ4n) is 5.48. The van der Waals surface area contributed by atoms with E-state index in [0.29, 0.717) is 4.58 Å². The monoisotopic (exact) mass is 606 g/mol. The number of para-hydroxylation sites is 2. The molecule has 1 fully saturated rings. The number of thioether (sulfide) groups is 2.